The Balaban J connectivity index is 1.56. The zero-order valence-corrected chi connectivity index (χ0v) is 15.6. The van der Waals surface area contributed by atoms with E-state index in [1.807, 2.05) is 30.3 Å². The normalized spacial score (nSPS) is 11.6. The highest BCUT2D eigenvalue weighted by Gasteiger charge is 2.29. The van der Waals surface area contributed by atoms with Gasteiger partial charge >= 0.3 is 0 Å². The molecule has 1 atom stereocenters. The molecule has 0 bridgehead atoms. The summed E-state index contributed by atoms with van der Waals surface area (Å²) < 4.78 is 13.1. The molecule has 1 amide bonds. The van der Waals surface area contributed by atoms with Crippen LogP contribution in [0.15, 0.2) is 72.8 Å². The van der Waals surface area contributed by atoms with Gasteiger partial charge in [0.25, 0.3) is 0 Å². The molecule has 30 heavy (non-hydrogen) atoms. The molecular formula is C23H15FN4O2. The number of benzene rings is 3. The molecule has 0 saturated carbocycles. The second-order valence-electron chi connectivity index (χ2n) is 6.62. The fourth-order valence-corrected chi connectivity index (χ4v) is 3.15. The van der Waals surface area contributed by atoms with Gasteiger partial charge in [-0.1, -0.05) is 36.4 Å². The first-order valence-corrected chi connectivity index (χ1v) is 9.10. The Morgan fingerprint density at radius 2 is 1.77 bits per heavy atom. The molecule has 4 aromatic rings. The van der Waals surface area contributed by atoms with Crippen LogP contribution in [0.25, 0.3) is 22.0 Å². The van der Waals surface area contributed by atoms with Crippen LogP contribution in [-0.4, -0.2) is 21.9 Å². The van der Waals surface area contributed by atoms with Crippen molar-refractivity contribution >= 4 is 28.2 Å². The lowest BCUT2D eigenvalue weighted by Crippen LogP contribution is -2.29. The number of carbonyl (C=O) groups is 2. The van der Waals surface area contributed by atoms with E-state index in [9.17, 15) is 19.2 Å². The zero-order chi connectivity index (χ0) is 21.1. The molecule has 0 saturated heterocycles. The summed E-state index contributed by atoms with van der Waals surface area (Å²) in [4.78, 5) is 25.4. The first-order chi connectivity index (χ1) is 14.6. The number of halogens is 1. The van der Waals surface area contributed by atoms with E-state index in [1.54, 1.807) is 18.2 Å². The largest absolute Gasteiger partial charge is 0.324 e. The van der Waals surface area contributed by atoms with E-state index >= 15 is 0 Å². The molecule has 1 aromatic heterocycles. The third kappa shape index (κ3) is 3.66. The second kappa shape index (κ2) is 7.97. The van der Waals surface area contributed by atoms with Crippen molar-refractivity contribution < 1.29 is 14.0 Å². The van der Waals surface area contributed by atoms with E-state index in [1.165, 1.54) is 30.3 Å². The summed E-state index contributed by atoms with van der Waals surface area (Å²) >= 11 is 0. The lowest BCUT2D eigenvalue weighted by molar-refractivity contribution is -0.117. The van der Waals surface area contributed by atoms with E-state index in [-0.39, 0.29) is 11.5 Å². The van der Waals surface area contributed by atoms with Crippen molar-refractivity contribution in [3.63, 3.8) is 0 Å². The maximum Gasteiger partial charge on any atom is 0.249 e. The second-order valence-corrected chi connectivity index (χ2v) is 6.62. The first-order valence-electron chi connectivity index (χ1n) is 9.10. The smallest absolute Gasteiger partial charge is 0.249 e. The Labute approximate surface area is 171 Å². The number of nitrogens with one attached hydrogen (secondary N) is 2. The Hall–Kier alpha value is -4.31. The van der Waals surface area contributed by atoms with Gasteiger partial charge in [0, 0.05) is 16.6 Å². The van der Waals surface area contributed by atoms with Crippen LogP contribution in [0.3, 0.4) is 0 Å². The highest BCUT2D eigenvalue weighted by molar-refractivity contribution is 6.16. The minimum absolute atomic E-state index is 0.0222. The van der Waals surface area contributed by atoms with Crippen molar-refractivity contribution in [2.24, 2.45) is 5.92 Å². The fraction of sp³-hybridized carbons (Fsp3) is 0.0435. The quantitative estimate of drug-likeness (QED) is 0.386. The molecule has 0 aliphatic rings. The van der Waals surface area contributed by atoms with Gasteiger partial charge in [-0.25, -0.2) is 4.39 Å². The standard InChI is InChI=1S/C23H15FN4O2/c24-16-10-8-15(9-11-16)20-12-21(28-27-20)22(29)18(13-25)23(30)26-19-7-3-5-14-4-1-2-6-17(14)19/h1-12,18H,(H,26,30)(H,27,28). The number of aromatic nitrogens is 2. The molecule has 1 unspecified atom stereocenters. The van der Waals surface area contributed by atoms with Crippen LogP contribution >= 0.6 is 0 Å². The number of nitriles is 1. The van der Waals surface area contributed by atoms with Gasteiger partial charge in [-0.15, -0.1) is 0 Å². The Kier molecular flexibility index (Phi) is 5.06. The van der Waals surface area contributed by atoms with E-state index in [4.69, 9.17) is 0 Å². The van der Waals surface area contributed by atoms with Gasteiger partial charge in [0.15, 0.2) is 5.92 Å². The SMILES string of the molecule is N#CC(C(=O)Nc1cccc2ccccc12)C(=O)c1cc(-c2ccc(F)cc2)n[nH]1. The van der Waals surface area contributed by atoms with Gasteiger partial charge in [-0.2, -0.15) is 10.4 Å². The minimum atomic E-state index is -1.55. The maximum atomic E-state index is 13.1. The average molecular weight is 398 g/mol. The monoisotopic (exact) mass is 398 g/mol. The summed E-state index contributed by atoms with van der Waals surface area (Å²) in [7, 11) is 0. The summed E-state index contributed by atoms with van der Waals surface area (Å²) in [5, 5.41) is 20.5. The van der Waals surface area contributed by atoms with Crippen LogP contribution in [-0.2, 0) is 4.79 Å². The van der Waals surface area contributed by atoms with Crippen LogP contribution < -0.4 is 5.32 Å². The number of aromatic amines is 1. The number of rotatable bonds is 5. The molecule has 0 aliphatic carbocycles. The molecule has 146 valence electrons. The lowest BCUT2D eigenvalue weighted by atomic mass is 10.0. The number of fused-ring (bicyclic) bond motifs is 1. The van der Waals surface area contributed by atoms with Crippen LogP contribution in [0.5, 0.6) is 0 Å². The summed E-state index contributed by atoms with van der Waals surface area (Å²) in [6.07, 6.45) is 0. The number of hydrogen-bond acceptors (Lipinski definition) is 4. The third-order valence-corrected chi connectivity index (χ3v) is 4.68. The zero-order valence-electron chi connectivity index (χ0n) is 15.6. The number of ketones is 1. The Morgan fingerprint density at radius 1 is 1.03 bits per heavy atom. The molecule has 2 N–H and O–H groups in total. The van der Waals surface area contributed by atoms with Gasteiger partial charge < -0.3 is 5.32 Å². The number of Topliss-reactive ketones (excluding diaryl/α,β-unsaturated/α-hetero) is 1. The molecule has 7 heteroatoms. The van der Waals surface area contributed by atoms with E-state index in [0.717, 1.165) is 10.8 Å². The number of amides is 1. The van der Waals surface area contributed by atoms with Crippen molar-refractivity contribution in [3.8, 4) is 17.3 Å². The van der Waals surface area contributed by atoms with Gasteiger partial charge in [-0.05, 0) is 41.8 Å². The fourth-order valence-electron chi connectivity index (χ4n) is 3.15. The summed E-state index contributed by atoms with van der Waals surface area (Å²) in [6, 6.07) is 21.7. The number of nitrogens with zero attached hydrogens (tertiary/aromatic N) is 2. The molecular weight excluding hydrogens is 383 g/mol. The Morgan fingerprint density at radius 3 is 2.53 bits per heavy atom. The lowest BCUT2D eigenvalue weighted by Gasteiger charge is -2.11. The molecule has 0 spiro atoms. The van der Waals surface area contributed by atoms with Crippen LogP contribution in [0.1, 0.15) is 10.5 Å². The molecule has 0 aliphatic heterocycles. The number of hydrogen-bond donors (Lipinski definition) is 2. The minimum Gasteiger partial charge on any atom is -0.324 e. The molecule has 6 nitrogen and oxygen atoms in total. The number of H-pyrrole nitrogens is 1. The summed E-state index contributed by atoms with van der Waals surface area (Å²) in [5.41, 5.74) is 1.54. The van der Waals surface area contributed by atoms with Gasteiger partial charge in [0.1, 0.15) is 11.5 Å². The predicted octanol–water partition coefficient (Wildman–Crippen LogP) is 4.33. The molecule has 0 radical (unpaired) electrons. The average Bonchev–Trinajstić information content (AvgIpc) is 3.25. The van der Waals surface area contributed by atoms with Crippen molar-refractivity contribution in [2.45, 2.75) is 0 Å². The number of anilines is 1. The van der Waals surface area contributed by atoms with Gasteiger partial charge in [-0.3, -0.25) is 14.7 Å². The van der Waals surface area contributed by atoms with Gasteiger partial charge in [0.2, 0.25) is 11.7 Å². The van der Waals surface area contributed by atoms with E-state index in [2.05, 4.69) is 15.5 Å². The van der Waals surface area contributed by atoms with Crippen LogP contribution in [0.2, 0.25) is 0 Å². The van der Waals surface area contributed by atoms with E-state index in [0.29, 0.717) is 16.9 Å². The van der Waals surface area contributed by atoms with E-state index < -0.39 is 17.6 Å². The molecule has 3 aromatic carbocycles. The first kappa shape index (κ1) is 19.0. The molecule has 0 fully saturated rings. The van der Waals surface area contributed by atoms with Crippen molar-refractivity contribution in [1.82, 2.24) is 10.2 Å². The van der Waals surface area contributed by atoms with Crippen LogP contribution in [0.4, 0.5) is 10.1 Å². The third-order valence-electron chi connectivity index (χ3n) is 4.68. The highest BCUT2D eigenvalue weighted by atomic mass is 19.1. The van der Waals surface area contributed by atoms with Crippen molar-refractivity contribution in [1.29, 1.82) is 5.26 Å². The predicted molar refractivity (Wildman–Crippen MR) is 110 cm³/mol. The summed E-state index contributed by atoms with van der Waals surface area (Å²) in [6.45, 7) is 0. The van der Waals surface area contributed by atoms with Crippen molar-refractivity contribution in [2.75, 3.05) is 5.32 Å². The topological polar surface area (TPSA) is 98.6 Å². The highest BCUT2D eigenvalue weighted by Crippen LogP contribution is 2.24. The molecule has 4 rings (SSSR count). The summed E-state index contributed by atoms with van der Waals surface area (Å²) in [5.74, 6) is -3.36. The number of carbonyl (C=O) groups excluding carboxylic acids is 2. The maximum absolute atomic E-state index is 13.1. The van der Waals surface area contributed by atoms with Crippen molar-refractivity contribution in [3.05, 3.63) is 84.3 Å². The molecule has 1 heterocycles. The van der Waals surface area contributed by atoms with Crippen LogP contribution in [0, 0.1) is 23.1 Å². The van der Waals surface area contributed by atoms with Gasteiger partial charge in [0.05, 0.1) is 11.8 Å². The Bertz CT molecular complexity index is 1280.